The summed E-state index contributed by atoms with van der Waals surface area (Å²) >= 11 is 3.33. The lowest BCUT2D eigenvalue weighted by atomic mass is 9.84. The molecule has 2 saturated carbocycles. The van der Waals surface area contributed by atoms with Gasteiger partial charge in [0.05, 0.1) is 4.90 Å². The largest absolute Gasteiger partial charge is 0.481 e. The molecule has 2 fully saturated rings. The molecule has 5 nitrogen and oxygen atoms in total. The van der Waals surface area contributed by atoms with E-state index in [1.54, 1.807) is 24.3 Å². The molecule has 0 heterocycles. The number of halogens is 1. The third kappa shape index (κ3) is 4.56. The van der Waals surface area contributed by atoms with E-state index in [1.165, 1.54) is 0 Å². The highest BCUT2D eigenvalue weighted by Gasteiger charge is 2.47. The number of carboxylic acid groups (broad SMARTS) is 1. The van der Waals surface area contributed by atoms with Crippen molar-refractivity contribution in [2.45, 2.75) is 49.5 Å². The van der Waals surface area contributed by atoms with Crippen LogP contribution >= 0.6 is 15.9 Å². The van der Waals surface area contributed by atoms with Gasteiger partial charge in [-0.05, 0) is 74.1 Å². The van der Waals surface area contributed by atoms with Crippen molar-refractivity contribution in [2.75, 3.05) is 0 Å². The van der Waals surface area contributed by atoms with E-state index >= 15 is 0 Å². The molecule has 0 aromatic heterocycles. The number of carboxylic acids is 1. The number of unbranched alkanes of at least 4 members (excludes halogenated alkanes) is 1. The second kappa shape index (κ2) is 8.23. The second-order valence-corrected chi connectivity index (χ2v) is 9.86. The van der Waals surface area contributed by atoms with Crippen molar-refractivity contribution in [2.24, 2.45) is 17.8 Å². The fraction of sp³-hybridized carbons (Fsp3) is 0.526. The Morgan fingerprint density at radius 1 is 1.23 bits per heavy atom. The molecule has 0 radical (unpaired) electrons. The maximum atomic E-state index is 12.8. The van der Waals surface area contributed by atoms with Gasteiger partial charge < -0.3 is 5.11 Å². The van der Waals surface area contributed by atoms with E-state index in [2.05, 4.69) is 26.7 Å². The summed E-state index contributed by atoms with van der Waals surface area (Å²) in [5, 5.41) is 8.70. The first-order chi connectivity index (χ1) is 12.4. The SMILES string of the molecule is O=C(O)CCC/C=C\C1C2CCC(C2)C1NS(=O)(=O)c1ccc(Br)cc1. The summed E-state index contributed by atoms with van der Waals surface area (Å²) in [6.45, 7) is 0. The topological polar surface area (TPSA) is 83.5 Å². The van der Waals surface area contributed by atoms with Crippen molar-refractivity contribution in [3.63, 3.8) is 0 Å². The number of hydrogen-bond acceptors (Lipinski definition) is 3. The lowest BCUT2D eigenvalue weighted by Crippen LogP contribution is -2.43. The number of sulfonamides is 1. The number of carbonyl (C=O) groups is 1. The van der Waals surface area contributed by atoms with Crippen LogP contribution in [0.4, 0.5) is 0 Å². The Bertz CT molecular complexity index is 775. The fourth-order valence-electron chi connectivity index (χ4n) is 4.27. The summed E-state index contributed by atoms with van der Waals surface area (Å²) in [6, 6.07) is 6.61. The second-order valence-electron chi connectivity index (χ2n) is 7.23. The quantitative estimate of drug-likeness (QED) is 0.472. The van der Waals surface area contributed by atoms with Crippen molar-refractivity contribution in [3.05, 3.63) is 40.9 Å². The standard InChI is InChI=1S/C19H24BrNO4S/c20-15-8-10-16(11-9-15)26(24,25)21-19-14-7-6-13(12-14)17(19)4-2-1-3-5-18(22)23/h2,4,8-11,13-14,17,19,21H,1,3,5-7,12H2,(H,22,23)/b4-2-. The van der Waals surface area contributed by atoms with Crippen molar-refractivity contribution >= 4 is 31.9 Å². The van der Waals surface area contributed by atoms with Gasteiger partial charge in [-0.15, -0.1) is 0 Å². The first-order valence-electron chi connectivity index (χ1n) is 9.03. The molecule has 0 amide bonds. The van der Waals surface area contributed by atoms with Crippen molar-refractivity contribution in [3.8, 4) is 0 Å². The molecule has 2 aliphatic rings. The van der Waals surface area contributed by atoms with Gasteiger partial charge in [0.15, 0.2) is 0 Å². The van der Waals surface area contributed by atoms with E-state index in [9.17, 15) is 13.2 Å². The Morgan fingerprint density at radius 2 is 1.92 bits per heavy atom. The minimum absolute atomic E-state index is 0.0712. The minimum Gasteiger partial charge on any atom is -0.481 e. The van der Waals surface area contributed by atoms with Gasteiger partial charge in [-0.3, -0.25) is 4.79 Å². The number of fused-ring (bicyclic) bond motifs is 2. The zero-order valence-electron chi connectivity index (χ0n) is 14.5. The first kappa shape index (κ1) is 19.6. The molecule has 7 heteroatoms. The number of benzene rings is 1. The van der Waals surface area contributed by atoms with Crippen LogP contribution in [-0.2, 0) is 14.8 Å². The van der Waals surface area contributed by atoms with Crippen LogP contribution in [0.5, 0.6) is 0 Å². The normalized spacial score (nSPS) is 28.0. The van der Waals surface area contributed by atoms with E-state index in [0.717, 1.165) is 23.7 Å². The molecule has 0 aliphatic heterocycles. The van der Waals surface area contributed by atoms with Gasteiger partial charge in [0, 0.05) is 16.9 Å². The molecule has 1 aromatic rings. The van der Waals surface area contributed by atoms with Gasteiger partial charge in [0.2, 0.25) is 10.0 Å². The lowest BCUT2D eigenvalue weighted by molar-refractivity contribution is -0.137. The zero-order chi connectivity index (χ0) is 18.7. The summed E-state index contributed by atoms with van der Waals surface area (Å²) in [4.78, 5) is 10.9. The smallest absolute Gasteiger partial charge is 0.303 e. The molecule has 26 heavy (non-hydrogen) atoms. The molecule has 3 rings (SSSR count). The predicted octanol–water partition coefficient (Wildman–Crippen LogP) is 3.95. The van der Waals surface area contributed by atoms with E-state index in [-0.39, 0.29) is 23.3 Å². The molecule has 4 atom stereocenters. The Labute approximate surface area is 163 Å². The fourth-order valence-corrected chi connectivity index (χ4v) is 5.88. The van der Waals surface area contributed by atoms with Crippen LogP contribution in [0.15, 0.2) is 45.8 Å². The number of allylic oxidation sites excluding steroid dienone is 1. The van der Waals surface area contributed by atoms with E-state index < -0.39 is 16.0 Å². The highest BCUT2D eigenvalue weighted by atomic mass is 79.9. The first-order valence-corrected chi connectivity index (χ1v) is 11.3. The van der Waals surface area contributed by atoms with Gasteiger partial charge in [0.1, 0.15) is 0 Å². The van der Waals surface area contributed by atoms with Crippen LogP contribution in [0, 0.1) is 17.8 Å². The molecule has 2 bridgehead atoms. The Kier molecular flexibility index (Phi) is 6.20. The van der Waals surface area contributed by atoms with Gasteiger partial charge in [-0.2, -0.15) is 0 Å². The van der Waals surface area contributed by atoms with E-state index in [1.807, 2.05) is 6.08 Å². The molecule has 4 unspecified atom stereocenters. The van der Waals surface area contributed by atoms with Crippen molar-refractivity contribution in [1.82, 2.24) is 4.72 Å². The number of nitrogens with one attached hydrogen (secondary N) is 1. The molecule has 142 valence electrons. The van der Waals surface area contributed by atoms with Crippen LogP contribution in [0.25, 0.3) is 0 Å². The van der Waals surface area contributed by atoms with Gasteiger partial charge in [-0.1, -0.05) is 28.1 Å². The average Bonchev–Trinajstić information content (AvgIpc) is 3.17. The van der Waals surface area contributed by atoms with Crippen molar-refractivity contribution < 1.29 is 18.3 Å². The van der Waals surface area contributed by atoms with Gasteiger partial charge in [-0.25, -0.2) is 13.1 Å². The summed E-state index contributed by atoms with van der Waals surface area (Å²) < 4.78 is 29.3. The molecular formula is C19H24BrNO4S. The minimum atomic E-state index is -3.54. The lowest BCUT2D eigenvalue weighted by Gasteiger charge is -2.29. The van der Waals surface area contributed by atoms with Crippen LogP contribution in [-0.4, -0.2) is 25.5 Å². The molecular weight excluding hydrogens is 418 g/mol. The van der Waals surface area contributed by atoms with Crippen LogP contribution < -0.4 is 4.72 Å². The highest BCUT2D eigenvalue weighted by molar-refractivity contribution is 9.10. The number of rotatable bonds is 8. The monoisotopic (exact) mass is 441 g/mol. The Morgan fingerprint density at radius 3 is 2.62 bits per heavy atom. The van der Waals surface area contributed by atoms with Crippen molar-refractivity contribution in [1.29, 1.82) is 0 Å². The Hall–Kier alpha value is -1.18. The summed E-state index contributed by atoms with van der Waals surface area (Å²) in [5.41, 5.74) is 0. The van der Waals surface area contributed by atoms with Crippen LogP contribution in [0.1, 0.15) is 38.5 Å². The number of aliphatic carboxylic acids is 1. The third-order valence-corrected chi connectivity index (χ3v) is 7.52. The number of hydrogen-bond donors (Lipinski definition) is 2. The molecule has 0 saturated heterocycles. The summed E-state index contributed by atoms with van der Waals surface area (Å²) in [7, 11) is -3.54. The van der Waals surface area contributed by atoms with Gasteiger partial charge >= 0.3 is 5.97 Å². The Balaban J connectivity index is 1.67. The predicted molar refractivity (Wildman–Crippen MR) is 103 cm³/mol. The van der Waals surface area contributed by atoms with Gasteiger partial charge in [0.25, 0.3) is 0 Å². The molecule has 1 aromatic carbocycles. The highest BCUT2D eigenvalue weighted by Crippen LogP contribution is 2.49. The van der Waals surface area contributed by atoms with E-state index in [0.29, 0.717) is 24.7 Å². The third-order valence-electron chi connectivity index (χ3n) is 5.52. The van der Waals surface area contributed by atoms with Crippen LogP contribution in [0.2, 0.25) is 0 Å². The molecule has 0 spiro atoms. The average molecular weight is 442 g/mol. The summed E-state index contributed by atoms with van der Waals surface area (Å²) in [5.74, 6) is 0.328. The zero-order valence-corrected chi connectivity index (χ0v) is 16.9. The van der Waals surface area contributed by atoms with E-state index in [4.69, 9.17) is 5.11 Å². The summed E-state index contributed by atoms with van der Waals surface area (Å²) in [6.07, 6.45) is 8.91. The maximum Gasteiger partial charge on any atom is 0.303 e. The molecule has 2 N–H and O–H groups in total. The maximum absolute atomic E-state index is 12.8. The molecule has 2 aliphatic carbocycles. The van der Waals surface area contributed by atoms with Crippen LogP contribution in [0.3, 0.4) is 0 Å².